The molecular formula is C13H8N4O5S. The first-order valence-corrected chi connectivity index (χ1v) is 6.84. The van der Waals surface area contributed by atoms with Gasteiger partial charge >= 0.3 is 5.69 Å². The normalized spacial score (nSPS) is 11.4. The van der Waals surface area contributed by atoms with Crippen molar-refractivity contribution in [2.75, 3.05) is 0 Å². The number of phenolic OH excluding ortho intramolecular Hbond substituents is 2. The van der Waals surface area contributed by atoms with Gasteiger partial charge < -0.3 is 15.9 Å². The van der Waals surface area contributed by atoms with E-state index in [0.717, 1.165) is 23.5 Å². The number of thiazole rings is 1. The van der Waals surface area contributed by atoms with Crippen LogP contribution in [0.5, 0.6) is 11.5 Å². The summed E-state index contributed by atoms with van der Waals surface area (Å²) in [5.41, 5.74) is 5.35. The summed E-state index contributed by atoms with van der Waals surface area (Å²) >= 11 is 1.15. The summed E-state index contributed by atoms with van der Waals surface area (Å²) in [7, 11) is 0. The fourth-order valence-electron chi connectivity index (χ4n) is 1.73. The lowest BCUT2D eigenvalue weighted by Crippen LogP contribution is -2.10. The van der Waals surface area contributed by atoms with Crippen LogP contribution in [0.25, 0.3) is 5.70 Å². The molecular weight excluding hydrogens is 324 g/mol. The van der Waals surface area contributed by atoms with Crippen molar-refractivity contribution in [3.63, 3.8) is 0 Å². The average molecular weight is 332 g/mol. The molecule has 23 heavy (non-hydrogen) atoms. The third kappa shape index (κ3) is 2.94. The monoisotopic (exact) mass is 332 g/mol. The molecule has 0 aliphatic heterocycles. The maximum atomic E-state index is 12.2. The van der Waals surface area contributed by atoms with Crippen LogP contribution in [0.3, 0.4) is 0 Å². The number of Topliss-reactive ketones (excluding diaryl/α,β-unsaturated/α-hetero) is 1. The minimum atomic E-state index is -0.934. The number of hydrogen-bond acceptors (Lipinski definition) is 9. The van der Waals surface area contributed by atoms with Gasteiger partial charge in [0.1, 0.15) is 17.3 Å². The van der Waals surface area contributed by atoms with Crippen LogP contribution in [0.2, 0.25) is 0 Å². The molecule has 1 heterocycles. The Kier molecular flexibility index (Phi) is 4.24. The van der Waals surface area contributed by atoms with Gasteiger partial charge in [-0.05, 0) is 6.07 Å². The number of nitrogens with two attached hydrogens (primary N) is 1. The van der Waals surface area contributed by atoms with Crippen LogP contribution in [-0.4, -0.2) is 25.9 Å². The molecule has 0 unspecified atom stereocenters. The summed E-state index contributed by atoms with van der Waals surface area (Å²) < 4.78 is 0. The van der Waals surface area contributed by atoms with Crippen molar-refractivity contribution in [1.29, 1.82) is 5.26 Å². The Morgan fingerprint density at radius 3 is 2.65 bits per heavy atom. The molecule has 1 aromatic heterocycles. The summed E-state index contributed by atoms with van der Waals surface area (Å²) in [5, 5.41) is 40.4. The quantitative estimate of drug-likeness (QED) is 0.189. The van der Waals surface area contributed by atoms with Gasteiger partial charge in [-0.1, -0.05) is 0 Å². The number of rotatable bonds is 4. The Labute approximate surface area is 132 Å². The first-order chi connectivity index (χ1) is 10.9. The Hall–Kier alpha value is -3.45. The van der Waals surface area contributed by atoms with E-state index in [1.165, 1.54) is 10.9 Å². The van der Waals surface area contributed by atoms with Crippen molar-refractivity contribution in [2.24, 2.45) is 5.73 Å². The summed E-state index contributed by atoms with van der Waals surface area (Å²) in [4.78, 5) is 25.8. The number of aromatic hydroxyl groups is 2. The van der Waals surface area contributed by atoms with E-state index in [-0.39, 0.29) is 17.0 Å². The first kappa shape index (κ1) is 15.9. The maximum absolute atomic E-state index is 12.2. The highest BCUT2D eigenvalue weighted by atomic mass is 32.1. The number of ketones is 1. The third-order valence-corrected chi connectivity index (χ3v) is 3.44. The molecule has 0 aliphatic rings. The molecule has 0 aliphatic carbocycles. The van der Waals surface area contributed by atoms with E-state index >= 15 is 0 Å². The number of carbonyl (C=O) groups excluding carboxylic acids is 1. The molecule has 116 valence electrons. The molecule has 0 amide bonds. The lowest BCUT2D eigenvalue weighted by Gasteiger charge is -2.07. The second-order valence-electron chi connectivity index (χ2n) is 4.22. The van der Waals surface area contributed by atoms with Gasteiger partial charge in [0.05, 0.1) is 16.1 Å². The predicted octanol–water partition coefficient (Wildman–Crippen LogP) is 1.54. The van der Waals surface area contributed by atoms with Crippen molar-refractivity contribution >= 4 is 28.5 Å². The summed E-state index contributed by atoms with van der Waals surface area (Å²) in [6.45, 7) is 0. The molecule has 0 bridgehead atoms. The lowest BCUT2D eigenvalue weighted by atomic mass is 10.0. The molecule has 10 heteroatoms. The van der Waals surface area contributed by atoms with E-state index in [9.17, 15) is 25.1 Å². The largest absolute Gasteiger partial charge is 0.504 e. The van der Waals surface area contributed by atoms with Crippen LogP contribution in [0.4, 0.5) is 5.69 Å². The topological polar surface area (TPSA) is 163 Å². The number of nitro benzene ring substituents is 1. The smallest absolute Gasteiger partial charge is 0.315 e. The van der Waals surface area contributed by atoms with Crippen LogP contribution in [-0.2, 0) is 0 Å². The van der Waals surface area contributed by atoms with E-state index in [0.29, 0.717) is 0 Å². The standard InChI is InChI=1S/C13H8N4O5S/c14-3-7(12(19)8-4-23-5-16-8)11(15)6-1-9(17(21)22)13(20)10(18)2-6/h1-2,4-5,18,20H,15H2/b11-7-. The van der Waals surface area contributed by atoms with Crippen molar-refractivity contribution in [2.45, 2.75) is 0 Å². The Bertz CT molecular complexity index is 867. The van der Waals surface area contributed by atoms with E-state index in [4.69, 9.17) is 11.0 Å². The molecule has 0 saturated heterocycles. The van der Waals surface area contributed by atoms with Gasteiger partial charge in [0.2, 0.25) is 11.5 Å². The highest BCUT2D eigenvalue weighted by molar-refractivity contribution is 7.07. The Balaban J connectivity index is 2.61. The van der Waals surface area contributed by atoms with Gasteiger partial charge in [-0.25, -0.2) is 4.98 Å². The zero-order valence-electron chi connectivity index (χ0n) is 11.3. The van der Waals surface area contributed by atoms with Gasteiger partial charge in [0.15, 0.2) is 5.75 Å². The summed E-state index contributed by atoms with van der Waals surface area (Å²) in [6, 6.07) is 3.40. The predicted molar refractivity (Wildman–Crippen MR) is 79.6 cm³/mol. The Morgan fingerprint density at radius 1 is 1.43 bits per heavy atom. The van der Waals surface area contributed by atoms with Gasteiger partial charge in [0, 0.05) is 17.0 Å². The van der Waals surface area contributed by atoms with Crippen molar-refractivity contribution in [1.82, 2.24) is 4.98 Å². The van der Waals surface area contributed by atoms with E-state index in [1.807, 2.05) is 0 Å². The van der Waals surface area contributed by atoms with Crippen LogP contribution in [0, 0.1) is 21.4 Å². The zero-order chi connectivity index (χ0) is 17.1. The fraction of sp³-hybridized carbons (Fsp3) is 0. The third-order valence-electron chi connectivity index (χ3n) is 2.85. The highest BCUT2D eigenvalue weighted by Crippen LogP contribution is 2.37. The molecule has 0 saturated carbocycles. The molecule has 1 aromatic carbocycles. The first-order valence-electron chi connectivity index (χ1n) is 5.90. The van der Waals surface area contributed by atoms with E-state index in [1.54, 1.807) is 6.07 Å². The highest BCUT2D eigenvalue weighted by Gasteiger charge is 2.23. The molecule has 2 rings (SSSR count). The number of aromatic nitrogens is 1. The van der Waals surface area contributed by atoms with Crippen molar-refractivity contribution < 1.29 is 19.9 Å². The van der Waals surface area contributed by atoms with Crippen LogP contribution >= 0.6 is 11.3 Å². The molecule has 2 aromatic rings. The SMILES string of the molecule is N#C/C(C(=O)c1cscn1)=C(/N)c1cc(O)c(O)c([N+](=O)[O-])c1. The van der Waals surface area contributed by atoms with Crippen LogP contribution in [0.15, 0.2) is 28.6 Å². The second-order valence-corrected chi connectivity index (χ2v) is 4.94. The van der Waals surface area contributed by atoms with Gasteiger partial charge in [-0.2, -0.15) is 5.26 Å². The molecule has 4 N–H and O–H groups in total. The molecule has 0 atom stereocenters. The van der Waals surface area contributed by atoms with Gasteiger partial charge in [0.25, 0.3) is 0 Å². The number of hydrogen-bond donors (Lipinski definition) is 3. The average Bonchev–Trinajstić information content (AvgIpc) is 3.04. The zero-order valence-corrected chi connectivity index (χ0v) is 12.1. The van der Waals surface area contributed by atoms with Gasteiger partial charge in [-0.15, -0.1) is 11.3 Å². The molecule has 0 radical (unpaired) electrons. The van der Waals surface area contributed by atoms with Crippen molar-refractivity contribution in [3.05, 3.63) is 50.0 Å². The number of carbonyl (C=O) groups is 1. The number of nitrogens with zero attached hydrogens (tertiary/aromatic N) is 3. The molecule has 9 nitrogen and oxygen atoms in total. The minimum absolute atomic E-state index is 0.00648. The number of nitriles is 1. The number of nitro groups is 1. The lowest BCUT2D eigenvalue weighted by molar-refractivity contribution is -0.386. The van der Waals surface area contributed by atoms with Crippen LogP contribution < -0.4 is 5.73 Å². The van der Waals surface area contributed by atoms with E-state index in [2.05, 4.69) is 4.98 Å². The van der Waals surface area contributed by atoms with Crippen molar-refractivity contribution in [3.8, 4) is 17.6 Å². The Morgan fingerprint density at radius 2 is 2.13 bits per heavy atom. The molecule has 0 fully saturated rings. The van der Waals surface area contributed by atoms with E-state index < -0.39 is 33.5 Å². The summed E-state index contributed by atoms with van der Waals surface area (Å²) in [5.74, 6) is -2.48. The van der Waals surface area contributed by atoms with Crippen LogP contribution in [0.1, 0.15) is 16.1 Å². The van der Waals surface area contributed by atoms with Gasteiger partial charge in [-0.3, -0.25) is 14.9 Å². The maximum Gasteiger partial charge on any atom is 0.315 e. The minimum Gasteiger partial charge on any atom is -0.504 e. The summed E-state index contributed by atoms with van der Waals surface area (Å²) in [6.07, 6.45) is 0. The number of phenols is 2. The number of benzene rings is 1. The fourth-order valence-corrected chi connectivity index (χ4v) is 2.26. The molecule has 0 spiro atoms. The second kappa shape index (κ2) is 6.12. The number of allylic oxidation sites excluding steroid dienone is 1.